The number of hydrogen-bond donors (Lipinski definition) is 12. The molecular formula is C51H56Cl4N20O10S4. The van der Waals surface area contributed by atoms with E-state index in [9.17, 15) is 28.8 Å². The zero-order chi connectivity index (χ0) is 66.6. The normalized spacial score (nSPS) is 11.0. The quantitative estimate of drug-likeness (QED) is 0.0343. The number of nitrogens with two attached hydrogens (primary N) is 5. The third kappa shape index (κ3) is 19.3. The SMILES string of the molecule is CC(C)(C)OC(=O)n1ncc2c(Cl)c(C(=O)NNC(N)=S)ccc21.CC(C)(C)OC(=O)n1ncc2c(Cl)c(C(=O)NNC(N)=S)ccc21.CC(C)(C)OC(=O)n1ncc2c(Cl)c(C(=O)O)ccc21.NNC(N)=S.Nc1nnc(-c2ccc3[nH]ncc3c2Cl)s1. The van der Waals surface area contributed by atoms with Crippen LogP contribution in [0.4, 0.5) is 19.5 Å². The number of hydrazine groups is 3. The van der Waals surface area contributed by atoms with E-state index in [0.29, 0.717) is 47.9 Å². The predicted molar refractivity (Wildman–Crippen MR) is 349 cm³/mol. The minimum absolute atomic E-state index is 0.0390. The van der Waals surface area contributed by atoms with Crippen molar-refractivity contribution in [2.45, 2.75) is 79.1 Å². The highest BCUT2D eigenvalue weighted by Gasteiger charge is 2.26. The third-order valence-electron chi connectivity index (χ3n) is 10.5. The molecule has 0 saturated carbocycles. The summed E-state index contributed by atoms with van der Waals surface area (Å²) in [6.07, 6.45) is 3.88. The smallest absolute Gasteiger partial charge is 0.435 e. The van der Waals surface area contributed by atoms with Gasteiger partial charge in [0.2, 0.25) is 5.13 Å². The number of carboxylic acid groups (broad SMARTS) is 1. The topological polar surface area (TPSA) is 449 Å². The van der Waals surface area contributed by atoms with Gasteiger partial charge in [-0.3, -0.25) is 36.4 Å². The van der Waals surface area contributed by atoms with Gasteiger partial charge in [0.15, 0.2) is 20.3 Å². The summed E-state index contributed by atoms with van der Waals surface area (Å²) in [5.41, 5.74) is 33.4. The van der Waals surface area contributed by atoms with Crippen molar-refractivity contribution < 1.29 is 48.1 Å². The molecule has 0 saturated heterocycles. The summed E-state index contributed by atoms with van der Waals surface area (Å²) in [5.74, 6) is 2.46. The van der Waals surface area contributed by atoms with Crippen LogP contribution in [0.3, 0.4) is 0 Å². The number of ether oxygens (including phenoxy) is 3. The molecule has 0 aliphatic carbocycles. The Morgan fingerprint density at radius 3 is 1.24 bits per heavy atom. The maximum Gasteiger partial charge on any atom is 0.435 e. The molecule has 5 aromatic heterocycles. The number of halogens is 4. The molecule has 5 heterocycles. The highest BCUT2D eigenvalue weighted by molar-refractivity contribution is 7.80. The molecule has 38 heteroatoms. The Labute approximate surface area is 544 Å². The molecule has 0 atom stereocenters. The van der Waals surface area contributed by atoms with Crippen LogP contribution in [0.25, 0.3) is 54.2 Å². The molecule has 0 bridgehead atoms. The second kappa shape index (κ2) is 29.9. The standard InChI is InChI=1S/2C14H16ClN5O3S.C13H13ClN2O4.C9H6ClN5S.CH5N3S/c2*1-14(2,3)23-13(22)20-9-5-4-7(10(15)8(9)6-17-20)11(21)18-19-12(16)24;1-13(2,3)20-12(19)16-9-5-4-7(11(17)18)10(14)8(9)6-15-16;10-7-4(8-14-15-9(11)16-8)1-2-6-5(7)3-12-13-6;2-1(5)4-3/h2*4-6H,1-3H3,(H,18,21)(H3,16,19,24);4-6H,1-3H3,(H,17,18);1-3H,(H2,11,15)(H,12,13);3H2,(H3,2,4,5). The monoisotopic (exact) mass is 1380 g/mol. The first kappa shape index (κ1) is 70.9. The number of carbonyl (C=O) groups excluding carboxylic acids is 5. The number of hydrogen-bond acceptors (Lipinski definition) is 21. The van der Waals surface area contributed by atoms with Crippen molar-refractivity contribution in [1.82, 2.24) is 76.9 Å². The van der Waals surface area contributed by atoms with Crippen molar-refractivity contribution in [3.63, 3.8) is 0 Å². The lowest BCUT2D eigenvalue weighted by atomic mass is 10.1. The maximum atomic E-state index is 12.2. The lowest BCUT2D eigenvalue weighted by Crippen LogP contribution is -2.44. The maximum absolute atomic E-state index is 12.2. The van der Waals surface area contributed by atoms with Gasteiger partial charge in [-0.25, -0.2) is 25.0 Å². The number of carboxylic acids is 1. The fourth-order valence-electron chi connectivity index (χ4n) is 6.93. The first-order valence-electron chi connectivity index (χ1n) is 25.0. The van der Waals surface area contributed by atoms with Gasteiger partial charge in [-0.1, -0.05) is 57.7 Å². The van der Waals surface area contributed by atoms with E-state index in [1.54, 1.807) is 80.6 Å². The Kier molecular flexibility index (Phi) is 23.8. The molecule has 4 aromatic carbocycles. The molecule has 89 heavy (non-hydrogen) atoms. The van der Waals surface area contributed by atoms with E-state index < -0.39 is 52.9 Å². The van der Waals surface area contributed by atoms with Gasteiger partial charge in [0.25, 0.3) is 11.8 Å². The molecule has 472 valence electrons. The van der Waals surface area contributed by atoms with E-state index >= 15 is 0 Å². The van der Waals surface area contributed by atoms with Crippen LogP contribution < -0.4 is 55.9 Å². The number of H-pyrrole nitrogens is 1. The van der Waals surface area contributed by atoms with Crippen LogP contribution in [0.2, 0.25) is 20.1 Å². The molecule has 30 nitrogen and oxygen atoms in total. The first-order chi connectivity index (χ1) is 41.4. The number of nitrogens with one attached hydrogen (secondary N) is 6. The average Bonchev–Trinajstić information content (AvgIpc) is 2.16. The number of aromatic nitrogens is 10. The van der Waals surface area contributed by atoms with Gasteiger partial charge in [0, 0.05) is 27.1 Å². The number of thiocarbonyl (C=S) groups is 3. The molecule has 0 aliphatic heterocycles. The highest BCUT2D eigenvalue weighted by atomic mass is 35.5. The van der Waals surface area contributed by atoms with Crippen LogP contribution in [0, 0.1) is 0 Å². The van der Waals surface area contributed by atoms with Gasteiger partial charge >= 0.3 is 24.2 Å². The van der Waals surface area contributed by atoms with Crippen LogP contribution in [-0.4, -0.2) is 123 Å². The van der Waals surface area contributed by atoms with Gasteiger partial charge in [-0.05, 0) is 147 Å². The van der Waals surface area contributed by atoms with Crippen molar-refractivity contribution in [1.29, 1.82) is 0 Å². The van der Waals surface area contributed by atoms with Crippen LogP contribution in [0.15, 0.2) is 73.3 Å². The van der Waals surface area contributed by atoms with Gasteiger partial charge in [0.1, 0.15) is 16.8 Å². The number of nitrogen functional groups attached to an aromatic ring is 1. The summed E-state index contributed by atoms with van der Waals surface area (Å²) in [6.45, 7) is 15.7. The van der Waals surface area contributed by atoms with Crippen molar-refractivity contribution in [2.75, 3.05) is 5.73 Å². The summed E-state index contributed by atoms with van der Waals surface area (Å²) in [6, 6.07) is 12.6. The summed E-state index contributed by atoms with van der Waals surface area (Å²) in [5, 5.41) is 39.5. The molecule has 9 rings (SSSR count). The first-order valence-corrected chi connectivity index (χ1v) is 28.6. The molecule has 17 N–H and O–H groups in total. The van der Waals surface area contributed by atoms with E-state index in [1.807, 2.05) is 17.6 Å². The van der Waals surface area contributed by atoms with Gasteiger partial charge in [-0.15, -0.1) is 10.2 Å². The van der Waals surface area contributed by atoms with E-state index in [4.69, 9.17) is 88.7 Å². The molecule has 2 amide bonds. The summed E-state index contributed by atoms with van der Waals surface area (Å²) < 4.78 is 19.0. The van der Waals surface area contributed by atoms with Crippen molar-refractivity contribution in [3.05, 3.63) is 110 Å². The molecule has 0 radical (unpaired) electrons. The van der Waals surface area contributed by atoms with Crippen LogP contribution >= 0.6 is 94.4 Å². The molecular weight excluding hydrogens is 1320 g/mol. The number of rotatable bonds is 4. The number of nitrogens with zero attached hydrogens (tertiary/aromatic N) is 9. The van der Waals surface area contributed by atoms with E-state index in [2.05, 4.69) is 99.9 Å². The molecule has 0 aliphatic rings. The number of anilines is 1. The minimum Gasteiger partial charge on any atom is -0.478 e. The molecule has 0 fully saturated rings. The van der Waals surface area contributed by atoms with Crippen LogP contribution in [-0.2, 0) is 14.2 Å². The second-order valence-electron chi connectivity index (χ2n) is 20.6. The number of aromatic amines is 1. The third-order valence-corrected chi connectivity index (χ3v) is 13.2. The molecule has 9 aromatic rings. The minimum atomic E-state index is -1.14. The second-order valence-corrected chi connectivity index (χ2v) is 24.4. The summed E-state index contributed by atoms with van der Waals surface area (Å²) in [7, 11) is 0. The Balaban J connectivity index is 0.000000212. The predicted octanol–water partition coefficient (Wildman–Crippen LogP) is 8.08. The van der Waals surface area contributed by atoms with Gasteiger partial charge < -0.3 is 47.7 Å². The van der Waals surface area contributed by atoms with Crippen molar-refractivity contribution in [2.24, 2.45) is 23.0 Å². The number of amides is 2. The fourth-order valence-corrected chi connectivity index (χ4v) is 8.92. The lowest BCUT2D eigenvalue weighted by Gasteiger charge is -2.19. The van der Waals surface area contributed by atoms with Crippen molar-refractivity contribution in [3.8, 4) is 10.6 Å². The lowest BCUT2D eigenvalue weighted by molar-refractivity contribution is 0.0511. The van der Waals surface area contributed by atoms with E-state index in [1.165, 1.54) is 54.2 Å². The fraction of sp³-hybridized carbons (Fsp3) is 0.235. The number of fused-ring (bicyclic) bond motifs is 4. The number of aromatic carboxylic acids is 1. The number of benzene rings is 4. The van der Waals surface area contributed by atoms with Crippen molar-refractivity contribution >= 4 is 195 Å². The largest absolute Gasteiger partial charge is 0.478 e. The Hall–Kier alpha value is -8.87. The zero-order valence-electron chi connectivity index (χ0n) is 48.1. The molecule has 0 unspecified atom stereocenters. The highest BCUT2D eigenvalue weighted by Crippen LogP contribution is 2.36. The van der Waals surface area contributed by atoms with Gasteiger partial charge in [-0.2, -0.15) is 34.4 Å². The zero-order valence-corrected chi connectivity index (χ0v) is 54.4. The van der Waals surface area contributed by atoms with E-state index in [0.717, 1.165) is 30.5 Å². The van der Waals surface area contributed by atoms with Crippen LogP contribution in [0.1, 0.15) is 93.4 Å². The van der Waals surface area contributed by atoms with E-state index in [-0.39, 0.29) is 47.1 Å². The summed E-state index contributed by atoms with van der Waals surface area (Å²) >= 11 is 39.5. The number of carbonyl (C=O) groups is 6. The van der Waals surface area contributed by atoms with Crippen LogP contribution in [0.5, 0.6) is 0 Å². The average molecular weight is 1380 g/mol. The Morgan fingerprint density at radius 2 is 0.910 bits per heavy atom. The Morgan fingerprint density at radius 1 is 0.539 bits per heavy atom. The summed E-state index contributed by atoms with van der Waals surface area (Å²) in [4.78, 5) is 71.4. The molecule has 0 spiro atoms. The van der Waals surface area contributed by atoms with Gasteiger partial charge in [0.05, 0.1) is 83.6 Å². The Bertz CT molecular complexity index is 4050.